The lowest BCUT2D eigenvalue weighted by molar-refractivity contribution is -0.140. The summed E-state index contributed by atoms with van der Waals surface area (Å²) >= 11 is 0. The van der Waals surface area contributed by atoms with Crippen LogP contribution in [-0.4, -0.2) is 34.2 Å². The first-order chi connectivity index (χ1) is 4.13. The van der Waals surface area contributed by atoms with Gasteiger partial charge in [0.05, 0.1) is 0 Å². The van der Waals surface area contributed by atoms with Crippen LogP contribution >= 0.6 is 0 Å². The highest BCUT2D eigenvalue weighted by Gasteiger charge is 2.47. The van der Waals surface area contributed by atoms with Crippen molar-refractivity contribution in [2.24, 2.45) is 0 Å². The zero-order valence-electron chi connectivity index (χ0n) is 4.37. The number of nitrogens with one attached hydrogen (secondary N) is 1. The Balaban J connectivity index is 2.42. The van der Waals surface area contributed by atoms with Gasteiger partial charge >= 0.3 is 11.9 Å². The molecule has 0 bridgehead atoms. The monoisotopic (exact) mass is 131 g/mol. The SMILES string of the molecule is O=C(O)C1N[C@@H]1C(=O)O. The Hall–Kier alpha value is -1.10. The molecule has 1 fully saturated rings. The fourth-order valence-corrected chi connectivity index (χ4v) is 0.566. The third kappa shape index (κ3) is 0.996. The van der Waals surface area contributed by atoms with Gasteiger partial charge in [-0.3, -0.25) is 14.9 Å². The maximum Gasteiger partial charge on any atom is 0.322 e. The van der Waals surface area contributed by atoms with Crippen molar-refractivity contribution in [1.29, 1.82) is 0 Å². The lowest BCUT2D eigenvalue weighted by Gasteiger charge is -1.81. The Bertz CT molecular complexity index is 148. The van der Waals surface area contributed by atoms with E-state index in [1.807, 2.05) is 0 Å². The van der Waals surface area contributed by atoms with Gasteiger partial charge in [0.25, 0.3) is 0 Å². The number of rotatable bonds is 2. The van der Waals surface area contributed by atoms with Crippen LogP contribution in [0.4, 0.5) is 0 Å². The first-order valence-electron chi connectivity index (χ1n) is 2.34. The summed E-state index contributed by atoms with van der Waals surface area (Å²) in [6.45, 7) is 0. The zero-order chi connectivity index (χ0) is 7.02. The molecule has 9 heavy (non-hydrogen) atoms. The van der Waals surface area contributed by atoms with Crippen molar-refractivity contribution < 1.29 is 19.8 Å². The molecule has 0 aromatic rings. The van der Waals surface area contributed by atoms with Crippen molar-refractivity contribution in [3.63, 3.8) is 0 Å². The van der Waals surface area contributed by atoms with Crippen LogP contribution in [0, 0.1) is 0 Å². The number of carboxylic acid groups (broad SMARTS) is 2. The summed E-state index contributed by atoms with van der Waals surface area (Å²) < 4.78 is 0. The molecular weight excluding hydrogens is 126 g/mol. The van der Waals surface area contributed by atoms with E-state index in [-0.39, 0.29) is 0 Å². The first-order valence-corrected chi connectivity index (χ1v) is 2.34. The molecule has 1 heterocycles. The Morgan fingerprint density at radius 3 is 1.56 bits per heavy atom. The lowest BCUT2D eigenvalue weighted by Crippen LogP contribution is -2.14. The fraction of sp³-hybridized carbons (Fsp3) is 0.500. The van der Waals surface area contributed by atoms with Crippen molar-refractivity contribution in [2.75, 3.05) is 0 Å². The van der Waals surface area contributed by atoms with Crippen LogP contribution in [0.3, 0.4) is 0 Å². The topological polar surface area (TPSA) is 96.5 Å². The molecule has 50 valence electrons. The summed E-state index contributed by atoms with van der Waals surface area (Å²) in [6.07, 6.45) is 0. The summed E-state index contributed by atoms with van der Waals surface area (Å²) in [5.41, 5.74) is 0. The molecule has 1 rings (SSSR count). The Morgan fingerprint density at radius 1 is 1.11 bits per heavy atom. The summed E-state index contributed by atoms with van der Waals surface area (Å²) in [4.78, 5) is 19.9. The van der Waals surface area contributed by atoms with E-state index in [0.29, 0.717) is 0 Å². The van der Waals surface area contributed by atoms with E-state index in [2.05, 4.69) is 5.32 Å². The van der Waals surface area contributed by atoms with Crippen LogP contribution in [0.15, 0.2) is 0 Å². The molecule has 1 aliphatic rings. The van der Waals surface area contributed by atoms with Gasteiger partial charge in [0.15, 0.2) is 0 Å². The Morgan fingerprint density at radius 2 is 1.44 bits per heavy atom. The van der Waals surface area contributed by atoms with Gasteiger partial charge in [0, 0.05) is 0 Å². The Labute approximate surface area is 50.3 Å². The van der Waals surface area contributed by atoms with Crippen molar-refractivity contribution in [3.8, 4) is 0 Å². The van der Waals surface area contributed by atoms with Gasteiger partial charge in [-0.1, -0.05) is 0 Å². The Kier molecular flexibility index (Phi) is 1.14. The van der Waals surface area contributed by atoms with Gasteiger partial charge in [0.2, 0.25) is 0 Å². The van der Waals surface area contributed by atoms with Crippen molar-refractivity contribution in [2.45, 2.75) is 12.1 Å². The van der Waals surface area contributed by atoms with Crippen LogP contribution in [0.25, 0.3) is 0 Å². The highest BCUT2D eigenvalue weighted by molar-refractivity contribution is 5.90. The van der Waals surface area contributed by atoms with Gasteiger partial charge in [-0.25, -0.2) is 0 Å². The molecule has 0 spiro atoms. The fourth-order valence-electron chi connectivity index (χ4n) is 0.566. The normalized spacial score (nSPS) is 31.6. The van der Waals surface area contributed by atoms with E-state index in [4.69, 9.17) is 10.2 Å². The van der Waals surface area contributed by atoms with Crippen molar-refractivity contribution in [1.82, 2.24) is 5.32 Å². The summed E-state index contributed by atoms with van der Waals surface area (Å²) in [5.74, 6) is -2.22. The molecule has 5 heteroatoms. The zero-order valence-corrected chi connectivity index (χ0v) is 4.37. The summed E-state index contributed by atoms with van der Waals surface area (Å²) in [6, 6.07) is -1.75. The minimum atomic E-state index is -1.11. The van der Waals surface area contributed by atoms with E-state index in [1.165, 1.54) is 0 Å². The van der Waals surface area contributed by atoms with E-state index in [0.717, 1.165) is 0 Å². The van der Waals surface area contributed by atoms with Gasteiger partial charge in [0.1, 0.15) is 12.1 Å². The minimum Gasteiger partial charge on any atom is -0.480 e. The standard InChI is InChI=1S/C4H5NO4/c6-3(7)1-2(5-1)4(8)9/h1-2,5H,(H,6,7)(H,8,9)/t1-,2?/m0/s1. The minimum absolute atomic E-state index is 0.873. The average Bonchev–Trinajstić information content (AvgIpc) is 2.39. The number of carbonyl (C=O) groups is 2. The molecule has 5 nitrogen and oxygen atoms in total. The molecule has 1 saturated heterocycles. The van der Waals surface area contributed by atoms with Gasteiger partial charge < -0.3 is 10.2 Å². The second-order valence-corrected chi connectivity index (χ2v) is 1.80. The van der Waals surface area contributed by atoms with Crippen molar-refractivity contribution in [3.05, 3.63) is 0 Å². The van der Waals surface area contributed by atoms with Crippen LogP contribution in [0.5, 0.6) is 0 Å². The van der Waals surface area contributed by atoms with Gasteiger partial charge in [-0.15, -0.1) is 0 Å². The average molecular weight is 131 g/mol. The number of carboxylic acids is 2. The molecule has 0 aliphatic carbocycles. The highest BCUT2D eigenvalue weighted by atomic mass is 16.4. The molecule has 0 amide bonds. The van der Waals surface area contributed by atoms with E-state index < -0.39 is 24.0 Å². The third-order valence-corrected chi connectivity index (χ3v) is 1.12. The number of hydrogen-bond donors (Lipinski definition) is 3. The molecule has 0 saturated carbocycles. The summed E-state index contributed by atoms with van der Waals surface area (Å²) in [5, 5.41) is 18.6. The molecule has 0 radical (unpaired) electrons. The number of hydrogen-bond acceptors (Lipinski definition) is 3. The van der Waals surface area contributed by atoms with Gasteiger partial charge in [-0.05, 0) is 0 Å². The second-order valence-electron chi connectivity index (χ2n) is 1.80. The second kappa shape index (κ2) is 1.70. The highest BCUT2D eigenvalue weighted by Crippen LogP contribution is 2.09. The van der Waals surface area contributed by atoms with E-state index >= 15 is 0 Å². The first kappa shape index (κ1) is 6.03. The third-order valence-electron chi connectivity index (χ3n) is 1.12. The summed E-state index contributed by atoms with van der Waals surface area (Å²) in [7, 11) is 0. The molecule has 1 unspecified atom stereocenters. The molecule has 1 aliphatic heterocycles. The maximum atomic E-state index is 9.95. The quantitative estimate of drug-likeness (QED) is 0.396. The maximum absolute atomic E-state index is 9.95. The van der Waals surface area contributed by atoms with Crippen LogP contribution < -0.4 is 5.32 Å². The smallest absolute Gasteiger partial charge is 0.322 e. The predicted octanol–water partition coefficient (Wildman–Crippen LogP) is -1.50. The van der Waals surface area contributed by atoms with E-state index in [9.17, 15) is 9.59 Å². The largest absolute Gasteiger partial charge is 0.480 e. The molecular formula is C4H5NO4. The van der Waals surface area contributed by atoms with Gasteiger partial charge in [-0.2, -0.15) is 0 Å². The van der Waals surface area contributed by atoms with Crippen molar-refractivity contribution >= 4 is 11.9 Å². The lowest BCUT2D eigenvalue weighted by atomic mass is 10.3. The molecule has 0 aromatic heterocycles. The number of aliphatic carboxylic acids is 2. The molecule has 0 aromatic carbocycles. The van der Waals surface area contributed by atoms with Crippen LogP contribution in [-0.2, 0) is 9.59 Å². The molecule has 3 N–H and O–H groups in total. The molecule has 2 atom stereocenters. The van der Waals surface area contributed by atoms with Crippen LogP contribution in [0.2, 0.25) is 0 Å². The van der Waals surface area contributed by atoms with Crippen LogP contribution in [0.1, 0.15) is 0 Å². The predicted molar refractivity (Wildman–Crippen MR) is 26.0 cm³/mol. The van der Waals surface area contributed by atoms with E-state index in [1.54, 1.807) is 0 Å².